The molecule has 2 N–H and O–H groups in total. The van der Waals surface area contributed by atoms with Gasteiger partial charge in [0.25, 0.3) is 0 Å². The monoisotopic (exact) mass is 533 g/mol. The van der Waals surface area contributed by atoms with E-state index in [2.05, 4.69) is 27.8 Å². The second-order valence-corrected chi connectivity index (χ2v) is 7.82. The van der Waals surface area contributed by atoms with Crippen LogP contribution in [0.3, 0.4) is 0 Å². The minimum absolute atomic E-state index is 0. The van der Waals surface area contributed by atoms with Crippen LogP contribution in [-0.4, -0.2) is 54.0 Å². The zero-order chi connectivity index (χ0) is 21.0. The molecule has 0 saturated heterocycles. The molecule has 1 fully saturated rings. The number of benzene rings is 1. The molecule has 30 heavy (non-hydrogen) atoms. The van der Waals surface area contributed by atoms with Crippen LogP contribution in [0, 0.1) is 0 Å². The number of guanidine groups is 1. The minimum atomic E-state index is 0. The van der Waals surface area contributed by atoms with E-state index in [9.17, 15) is 0 Å². The molecule has 6 nitrogen and oxygen atoms in total. The molecular weight excluding hydrogens is 493 g/mol. The summed E-state index contributed by atoms with van der Waals surface area (Å²) in [6.07, 6.45) is 9.53. The van der Waals surface area contributed by atoms with Gasteiger partial charge in [0.15, 0.2) is 17.5 Å². The fourth-order valence-corrected chi connectivity index (χ4v) is 4.19. The molecule has 1 aliphatic rings. The number of nitrogens with zero attached hydrogens (tertiary/aromatic N) is 1. The molecular formula is C23H40IN3O3. The van der Waals surface area contributed by atoms with Crippen molar-refractivity contribution in [3.8, 4) is 11.5 Å². The predicted octanol–water partition coefficient (Wildman–Crippen LogP) is 4.51. The number of methoxy groups -OCH3 is 3. The summed E-state index contributed by atoms with van der Waals surface area (Å²) in [7, 11) is 6.97. The predicted molar refractivity (Wildman–Crippen MR) is 135 cm³/mol. The number of hydrogen-bond acceptors (Lipinski definition) is 4. The van der Waals surface area contributed by atoms with Crippen LogP contribution in [0.4, 0.5) is 0 Å². The molecule has 1 saturated carbocycles. The third-order valence-electron chi connectivity index (χ3n) is 5.94. The summed E-state index contributed by atoms with van der Waals surface area (Å²) in [5.41, 5.74) is 1.41. The second kappa shape index (κ2) is 14.7. The maximum atomic E-state index is 5.56. The van der Waals surface area contributed by atoms with Crippen LogP contribution in [0.25, 0.3) is 0 Å². The van der Waals surface area contributed by atoms with Crippen molar-refractivity contribution in [1.82, 2.24) is 10.6 Å². The van der Waals surface area contributed by atoms with E-state index in [1.165, 1.54) is 37.7 Å². The molecule has 0 bridgehead atoms. The van der Waals surface area contributed by atoms with Crippen LogP contribution in [-0.2, 0) is 10.2 Å². The number of hydrogen-bond donors (Lipinski definition) is 2. The molecule has 1 aromatic carbocycles. The summed E-state index contributed by atoms with van der Waals surface area (Å²) in [4.78, 5) is 4.42. The highest BCUT2D eigenvalue weighted by molar-refractivity contribution is 14.0. The first-order valence-electron chi connectivity index (χ1n) is 10.8. The maximum Gasteiger partial charge on any atom is 0.191 e. The SMILES string of the molecule is CN=C(NCCCCCOC)NCC1(c2ccc(OC)c(OC)c2)CCCCC1.I. The molecule has 0 radical (unpaired) electrons. The number of rotatable bonds is 11. The van der Waals surface area contributed by atoms with Crippen molar-refractivity contribution in [3.63, 3.8) is 0 Å². The van der Waals surface area contributed by atoms with Crippen molar-refractivity contribution in [2.24, 2.45) is 4.99 Å². The van der Waals surface area contributed by atoms with Crippen LogP contribution in [0.15, 0.2) is 23.2 Å². The van der Waals surface area contributed by atoms with Crippen LogP contribution in [0.1, 0.15) is 56.9 Å². The van der Waals surface area contributed by atoms with E-state index < -0.39 is 0 Å². The Bertz CT molecular complexity index is 634. The minimum Gasteiger partial charge on any atom is -0.493 e. The standard InChI is InChI=1S/C23H39N3O3.HI/c1-24-22(25-15-9-6-10-16-27-2)26-18-23(13-7-5-8-14-23)19-11-12-20(28-3)21(17-19)29-4;/h11-12,17H,5-10,13-16,18H2,1-4H3,(H2,24,25,26);1H. The van der Waals surface area contributed by atoms with Gasteiger partial charge in [-0.3, -0.25) is 4.99 Å². The Morgan fingerprint density at radius 3 is 2.33 bits per heavy atom. The van der Waals surface area contributed by atoms with Gasteiger partial charge in [-0.25, -0.2) is 0 Å². The fourth-order valence-electron chi connectivity index (χ4n) is 4.19. The topological polar surface area (TPSA) is 64.1 Å². The highest BCUT2D eigenvalue weighted by Crippen LogP contribution is 2.42. The van der Waals surface area contributed by atoms with E-state index in [-0.39, 0.29) is 29.4 Å². The average molecular weight is 533 g/mol. The van der Waals surface area contributed by atoms with Crippen molar-refractivity contribution in [2.45, 2.75) is 56.8 Å². The van der Waals surface area contributed by atoms with Gasteiger partial charge in [-0.15, -0.1) is 24.0 Å². The summed E-state index contributed by atoms with van der Waals surface area (Å²) >= 11 is 0. The third-order valence-corrected chi connectivity index (χ3v) is 5.94. The Balaban J connectivity index is 0.00000450. The molecule has 0 unspecified atom stereocenters. The van der Waals surface area contributed by atoms with Crippen LogP contribution < -0.4 is 20.1 Å². The summed E-state index contributed by atoms with van der Waals surface area (Å²) in [6, 6.07) is 6.37. The first-order valence-corrected chi connectivity index (χ1v) is 10.8. The quantitative estimate of drug-likeness (QED) is 0.190. The molecule has 7 heteroatoms. The summed E-state index contributed by atoms with van der Waals surface area (Å²) in [6.45, 7) is 2.62. The number of ether oxygens (including phenoxy) is 3. The Kier molecular flexibility index (Phi) is 13.2. The Hall–Kier alpha value is -1.22. The zero-order valence-electron chi connectivity index (χ0n) is 19.1. The fraction of sp³-hybridized carbons (Fsp3) is 0.696. The Morgan fingerprint density at radius 1 is 0.967 bits per heavy atom. The Morgan fingerprint density at radius 2 is 1.70 bits per heavy atom. The molecule has 172 valence electrons. The zero-order valence-corrected chi connectivity index (χ0v) is 21.4. The molecule has 2 rings (SSSR count). The van der Waals surface area contributed by atoms with E-state index in [4.69, 9.17) is 14.2 Å². The summed E-state index contributed by atoms with van der Waals surface area (Å²) in [5.74, 6) is 2.46. The molecule has 0 aromatic heterocycles. The maximum absolute atomic E-state index is 5.56. The van der Waals surface area contributed by atoms with E-state index >= 15 is 0 Å². The molecule has 0 aliphatic heterocycles. The molecule has 0 heterocycles. The lowest BCUT2D eigenvalue weighted by Crippen LogP contribution is -2.46. The van der Waals surface area contributed by atoms with Gasteiger partial charge in [-0.05, 0) is 49.8 Å². The van der Waals surface area contributed by atoms with Crippen molar-refractivity contribution in [3.05, 3.63) is 23.8 Å². The lowest BCUT2D eigenvalue weighted by Gasteiger charge is -2.38. The van der Waals surface area contributed by atoms with Gasteiger partial charge in [0, 0.05) is 39.3 Å². The molecule has 0 spiro atoms. The van der Waals surface area contributed by atoms with Crippen molar-refractivity contribution in [2.75, 3.05) is 48.1 Å². The van der Waals surface area contributed by atoms with Crippen molar-refractivity contribution >= 4 is 29.9 Å². The lowest BCUT2D eigenvalue weighted by molar-refractivity contribution is 0.192. The smallest absolute Gasteiger partial charge is 0.191 e. The number of nitrogens with one attached hydrogen (secondary N) is 2. The van der Waals surface area contributed by atoms with Gasteiger partial charge < -0.3 is 24.8 Å². The first kappa shape index (κ1) is 26.8. The van der Waals surface area contributed by atoms with Gasteiger partial charge in [0.05, 0.1) is 14.2 Å². The normalized spacial score (nSPS) is 15.8. The van der Waals surface area contributed by atoms with Gasteiger partial charge >= 0.3 is 0 Å². The van der Waals surface area contributed by atoms with Gasteiger partial charge in [-0.1, -0.05) is 25.3 Å². The lowest BCUT2D eigenvalue weighted by atomic mass is 9.69. The molecule has 1 aliphatic carbocycles. The van der Waals surface area contributed by atoms with Gasteiger partial charge in [0.2, 0.25) is 0 Å². The molecule has 0 atom stereocenters. The van der Waals surface area contributed by atoms with Crippen molar-refractivity contribution < 1.29 is 14.2 Å². The van der Waals surface area contributed by atoms with E-state index in [1.54, 1.807) is 21.3 Å². The molecule has 1 aromatic rings. The largest absolute Gasteiger partial charge is 0.493 e. The van der Waals surface area contributed by atoms with Gasteiger partial charge in [-0.2, -0.15) is 0 Å². The number of unbranched alkanes of at least 4 members (excludes halogenated alkanes) is 2. The first-order chi connectivity index (χ1) is 14.2. The summed E-state index contributed by atoms with van der Waals surface area (Å²) in [5, 5.41) is 7.04. The van der Waals surface area contributed by atoms with Crippen LogP contribution in [0.5, 0.6) is 11.5 Å². The molecule has 0 amide bonds. The number of aliphatic imine (C=N–C) groups is 1. The van der Waals surface area contributed by atoms with Crippen LogP contribution in [0.2, 0.25) is 0 Å². The van der Waals surface area contributed by atoms with E-state index in [0.717, 1.165) is 56.4 Å². The highest BCUT2D eigenvalue weighted by Gasteiger charge is 2.34. The van der Waals surface area contributed by atoms with E-state index in [0.29, 0.717) is 0 Å². The van der Waals surface area contributed by atoms with Gasteiger partial charge in [0.1, 0.15) is 0 Å². The van der Waals surface area contributed by atoms with Crippen LogP contribution >= 0.6 is 24.0 Å². The average Bonchev–Trinajstić information content (AvgIpc) is 2.78. The second-order valence-electron chi connectivity index (χ2n) is 7.82. The van der Waals surface area contributed by atoms with E-state index in [1.807, 2.05) is 13.1 Å². The Labute approximate surface area is 199 Å². The van der Waals surface area contributed by atoms with Crippen molar-refractivity contribution in [1.29, 1.82) is 0 Å². The summed E-state index contributed by atoms with van der Waals surface area (Å²) < 4.78 is 16.1. The number of halogens is 1. The highest BCUT2D eigenvalue weighted by atomic mass is 127. The third kappa shape index (κ3) is 7.80.